The van der Waals surface area contributed by atoms with Gasteiger partial charge >= 0.3 is 0 Å². The number of carbonyl (C=O) groups is 1. The molecule has 0 aliphatic heterocycles. The van der Waals surface area contributed by atoms with E-state index >= 15 is 0 Å². The fourth-order valence-electron chi connectivity index (χ4n) is 3.18. The normalized spacial score (nSPS) is 18.0. The van der Waals surface area contributed by atoms with Crippen LogP contribution in [0.5, 0.6) is 0 Å². The first-order valence-corrected chi connectivity index (χ1v) is 9.28. The highest BCUT2D eigenvalue weighted by Gasteiger charge is 2.51. The van der Waals surface area contributed by atoms with E-state index < -0.39 is 5.41 Å². The molecule has 3 nitrogen and oxygen atoms in total. The highest BCUT2D eigenvalue weighted by Crippen LogP contribution is 2.49. The van der Waals surface area contributed by atoms with Gasteiger partial charge in [0.1, 0.15) is 0 Å². The van der Waals surface area contributed by atoms with Crippen molar-refractivity contribution < 1.29 is 9.53 Å². The number of hydrogen-bond donors (Lipinski definition) is 1. The number of rotatable bonds is 7. The Hall–Kier alpha value is -1.84. The van der Waals surface area contributed by atoms with Gasteiger partial charge in [-0.2, -0.15) is 0 Å². The monoisotopic (exact) mass is 355 g/mol. The van der Waals surface area contributed by atoms with Gasteiger partial charge < -0.3 is 10.1 Å². The predicted molar refractivity (Wildman–Crippen MR) is 99.8 cm³/mol. The summed E-state index contributed by atoms with van der Waals surface area (Å²) in [6, 6.07) is 15.6. The minimum absolute atomic E-state index is 0.0471. The molecule has 1 N–H and O–H groups in total. The lowest BCUT2D eigenvalue weighted by atomic mass is 9.95. The maximum Gasteiger partial charge on any atom is 0.235 e. The summed E-state index contributed by atoms with van der Waals surface area (Å²) in [4.78, 5) is 12.8. The average Bonchev–Trinajstić information content (AvgIpc) is 3.50. The van der Waals surface area contributed by atoms with Crippen molar-refractivity contribution in [2.75, 3.05) is 11.9 Å². The standard InChI is InChI=1S/C21H22ClNO2/c22-18-5-2-4-17(12-18)21(9-10-21)20(24)23-19-6-1-3-16(11-19)14-25-13-15-7-8-15/h1-6,11-12,15H,7-10,13-14H2,(H,23,24). The molecule has 0 bridgehead atoms. The number of amides is 1. The lowest BCUT2D eigenvalue weighted by Gasteiger charge is -2.16. The first-order valence-electron chi connectivity index (χ1n) is 8.90. The van der Waals surface area contributed by atoms with Crippen LogP contribution in [0.15, 0.2) is 48.5 Å². The minimum atomic E-state index is -0.427. The Morgan fingerprint density at radius 3 is 2.68 bits per heavy atom. The number of halogens is 1. The molecule has 25 heavy (non-hydrogen) atoms. The van der Waals surface area contributed by atoms with Crippen molar-refractivity contribution in [3.63, 3.8) is 0 Å². The maximum absolute atomic E-state index is 12.8. The van der Waals surface area contributed by atoms with Crippen LogP contribution in [0.2, 0.25) is 5.02 Å². The molecule has 0 heterocycles. The van der Waals surface area contributed by atoms with Crippen LogP contribution in [-0.2, 0) is 21.6 Å². The van der Waals surface area contributed by atoms with Gasteiger partial charge in [0.15, 0.2) is 0 Å². The molecule has 2 aromatic carbocycles. The molecule has 2 aromatic rings. The summed E-state index contributed by atoms with van der Waals surface area (Å²) in [6.45, 7) is 1.44. The van der Waals surface area contributed by atoms with Crippen molar-refractivity contribution in [2.24, 2.45) is 5.92 Å². The van der Waals surface area contributed by atoms with Crippen LogP contribution < -0.4 is 5.32 Å². The van der Waals surface area contributed by atoms with E-state index in [1.54, 1.807) is 0 Å². The number of ether oxygens (including phenoxy) is 1. The lowest BCUT2D eigenvalue weighted by molar-refractivity contribution is -0.118. The fourth-order valence-corrected chi connectivity index (χ4v) is 3.37. The molecule has 0 aromatic heterocycles. The smallest absolute Gasteiger partial charge is 0.235 e. The molecule has 0 unspecified atom stereocenters. The van der Waals surface area contributed by atoms with Gasteiger partial charge in [-0.1, -0.05) is 35.9 Å². The van der Waals surface area contributed by atoms with Crippen LogP contribution in [0.4, 0.5) is 5.69 Å². The summed E-state index contributed by atoms with van der Waals surface area (Å²) in [5.41, 5.74) is 2.49. The number of carbonyl (C=O) groups excluding carboxylic acids is 1. The van der Waals surface area contributed by atoms with Crippen LogP contribution >= 0.6 is 11.6 Å². The van der Waals surface area contributed by atoms with Gasteiger partial charge in [-0.3, -0.25) is 4.79 Å². The summed E-state index contributed by atoms with van der Waals surface area (Å²) < 4.78 is 5.74. The Morgan fingerprint density at radius 1 is 1.16 bits per heavy atom. The van der Waals surface area contributed by atoms with Crippen LogP contribution in [0.1, 0.15) is 36.8 Å². The molecule has 2 fully saturated rings. The summed E-state index contributed by atoms with van der Waals surface area (Å²) in [6.07, 6.45) is 4.32. The van der Waals surface area contributed by atoms with E-state index in [0.29, 0.717) is 11.6 Å². The molecule has 2 aliphatic carbocycles. The Balaban J connectivity index is 1.42. The Kier molecular flexibility index (Phi) is 4.53. The van der Waals surface area contributed by atoms with E-state index in [2.05, 4.69) is 5.32 Å². The molecule has 1 amide bonds. The summed E-state index contributed by atoms with van der Waals surface area (Å²) in [5.74, 6) is 0.807. The molecular formula is C21H22ClNO2. The average molecular weight is 356 g/mol. The first kappa shape index (κ1) is 16.6. The Labute approximate surface area is 153 Å². The fraction of sp³-hybridized carbons (Fsp3) is 0.381. The van der Waals surface area contributed by atoms with Gasteiger partial charge in [0.25, 0.3) is 0 Å². The lowest BCUT2D eigenvalue weighted by Crippen LogP contribution is -2.27. The SMILES string of the molecule is O=C(Nc1cccc(COCC2CC2)c1)C1(c2cccc(Cl)c2)CC1. The van der Waals surface area contributed by atoms with Gasteiger partial charge in [0, 0.05) is 17.3 Å². The largest absolute Gasteiger partial charge is 0.376 e. The minimum Gasteiger partial charge on any atom is -0.376 e. The molecule has 4 heteroatoms. The van der Waals surface area contributed by atoms with Crippen molar-refractivity contribution in [3.05, 3.63) is 64.7 Å². The van der Waals surface area contributed by atoms with Crippen LogP contribution in [0, 0.1) is 5.92 Å². The van der Waals surface area contributed by atoms with Crippen LogP contribution in [-0.4, -0.2) is 12.5 Å². The van der Waals surface area contributed by atoms with Gasteiger partial charge in [0.05, 0.1) is 12.0 Å². The molecule has 130 valence electrons. The predicted octanol–water partition coefficient (Wildman–Crippen LogP) is 4.94. The topological polar surface area (TPSA) is 38.3 Å². The number of anilines is 1. The number of hydrogen-bond acceptors (Lipinski definition) is 2. The molecule has 0 atom stereocenters. The van der Waals surface area contributed by atoms with Gasteiger partial charge in [-0.05, 0) is 67.0 Å². The zero-order chi connectivity index (χ0) is 17.3. The number of benzene rings is 2. The second kappa shape index (κ2) is 6.81. The van der Waals surface area contributed by atoms with Gasteiger partial charge in [0.2, 0.25) is 5.91 Å². The van der Waals surface area contributed by atoms with E-state index in [4.69, 9.17) is 16.3 Å². The third-order valence-corrected chi connectivity index (χ3v) is 5.30. The summed E-state index contributed by atoms with van der Waals surface area (Å²) >= 11 is 6.09. The van der Waals surface area contributed by atoms with Crippen LogP contribution in [0.3, 0.4) is 0 Å². The first-order chi connectivity index (χ1) is 12.2. The van der Waals surface area contributed by atoms with E-state index in [-0.39, 0.29) is 5.91 Å². The second-order valence-electron chi connectivity index (χ2n) is 7.21. The zero-order valence-corrected chi connectivity index (χ0v) is 14.9. The van der Waals surface area contributed by atoms with Crippen molar-refractivity contribution in [2.45, 2.75) is 37.7 Å². The summed E-state index contributed by atoms with van der Waals surface area (Å²) in [5, 5.41) is 3.75. The molecule has 0 saturated heterocycles. The highest BCUT2D eigenvalue weighted by atomic mass is 35.5. The quantitative estimate of drug-likeness (QED) is 0.764. The molecule has 2 aliphatic rings. The number of nitrogens with one attached hydrogen (secondary N) is 1. The van der Waals surface area contributed by atoms with Crippen molar-refractivity contribution in [3.8, 4) is 0 Å². The van der Waals surface area contributed by atoms with E-state index in [0.717, 1.165) is 42.2 Å². The van der Waals surface area contributed by atoms with E-state index in [9.17, 15) is 4.79 Å². The third kappa shape index (κ3) is 3.88. The third-order valence-electron chi connectivity index (χ3n) is 5.07. The summed E-state index contributed by atoms with van der Waals surface area (Å²) in [7, 11) is 0. The highest BCUT2D eigenvalue weighted by molar-refractivity contribution is 6.30. The molecule has 0 radical (unpaired) electrons. The van der Waals surface area contributed by atoms with Gasteiger partial charge in [-0.15, -0.1) is 0 Å². The second-order valence-corrected chi connectivity index (χ2v) is 7.64. The zero-order valence-electron chi connectivity index (χ0n) is 14.1. The van der Waals surface area contributed by atoms with Crippen molar-refractivity contribution in [1.82, 2.24) is 0 Å². The Bertz CT molecular complexity index is 781. The molecule has 2 saturated carbocycles. The van der Waals surface area contributed by atoms with E-state index in [1.165, 1.54) is 12.8 Å². The Morgan fingerprint density at radius 2 is 1.96 bits per heavy atom. The maximum atomic E-state index is 12.8. The molecule has 4 rings (SSSR count). The van der Waals surface area contributed by atoms with E-state index in [1.807, 2.05) is 48.5 Å². The molecular weight excluding hydrogens is 334 g/mol. The van der Waals surface area contributed by atoms with Crippen molar-refractivity contribution >= 4 is 23.2 Å². The molecule has 0 spiro atoms. The van der Waals surface area contributed by atoms with Crippen LogP contribution in [0.25, 0.3) is 0 Å². The van der Waals surface area contributed by atoms with Gasteiger partial charge in [-0.25, -0.2) is 0 Å². The van der Waals surface area contributed by atoms with Crippen molar-refractivity contribution in [1.29, 1.82) is 0 Å².